The van der Waals surface area contributed by atoms with Gasteiger partial charge in [0.05, 0.1) is 6.04 Å². The van der Waals surface area contributed by atoms with Crippen molar-refractivity contribution in [2.45, 2.75) is 38.5 Å². The van der Waals surface area contributed by atoms with E-state index in [1.807, 2.05) is 12.3 Å². The molecular weight excluding hydrogens is 216 g/mol. The molecule has 16 heavy (non-hydrogen) atoms. The van der Waals surface area contributed by atoms with Gasteiger partial charge in [0.15, 0.2) is 8.24 Å². The van der Waals surface area contributed by atoms with E-state index in [-0.39, 0.29) is 6.04 Å². The molecule has 1 aliphatic rings. The minimum atomic E-state index is -1.58. The van der Waals surface area contributed by atoms with Crippen LogP contribution in [0.2, 0.25) is 19.6 Å². The number of pyridine rings is 1. The van der Waals surface area contributed by atoms with Crippen LogP contribution >= 0.6 is 0 Å². The Balaban J connectivity index is 2.32. The average Bonchev–Trinajstić information content (AvgIpc) is 2.61. The van der Waals surface area contributed by atoms with Crippen LogP contribution in [0.4, 0.5) is 0 Å². The third kappa shape index (κ3) is 2.02. The highest BCUT2D eigenvalue weighted by molar-refractivity contribution is 6.75. The van der Waals surface area contributed by atoms with Crippen molar-refractivity contribution < 1.29 is 4.79 Å². The Bertz CT molecular complexity index is 386. The first kappa shape index (κ1) is 11.3. The van der Waals surface area contributed by atoms with E-state index in [0.29, 0.717) is 12.3 Å². The van der Waals surface area contributed by atoms with Crippen LogP contribution in [0, 0.1) is 0 Å². The number of nitrogens with zero attached hydrogens (tertiary/aromatic N) is 2. The molecule has 1 aromatic heterocycles. The standard InChI is InChI=1S/C12H18N2OSi/c1-16(2,3)14-11(6-7-12(14)15)10-5-4-8-13-9-10/h4-5,8-9,11H,6-7H2,1-3H3. The van der Waals surface area contributed by atoms with Crippen molar-refractivity contribution in [2.24, 2.45) is 0 Å². The Hall–Kier alpha value is -1.16. The van der Waals surface area contributed by atoms with Gasteiger partial charge in [0, 0.05) is 18.8 Å². The van der Waals surface area contributed by atoms with Crippen LogP contribution in [0.3, 0.4) is 0 Å². The number of aromatic nitrogens is 1. The second kappa shape index (κ2) is 4.01. The van der Waals surface area contributed by atoms with Gasteiger partial charge in [-0.1, -0.05) is 25.7 Å². The van der Waals surface area contributed by atoms with Gasteiger partial charge in [0.2, 0.25) is 5.91 Å². The lowest BCUT2D eigenvalue weighted by Gasteiger charge is -2.36. The van der Waals surface area contributed by atoms with Gasteiger partial charge in [-0.2, -0.15) is 0 Å². The van der Waals surface area contributed by atoms with Crippen molar-refractivity contribution in [3.8, 4) is 0 Å². The minimum Gasteiger partial charge on any atom is -0.363 e. The minimum absolute atomic E-state index is 0.257. The van der Waals surface area contributed by atoms with Gasteiger partial charge in [-0.05, 0) is 18.1 Å². The Morgan fingerprint density at radius 1 is 1.44 bits per heavy atom. The van der Waals surface area contributed by atoms with E-state index in [1.54, 1.807) is 6.20 Å². The molecule has 2 rings (SSSR count). The van der Waals surface area contributed by atoms with Crippen molar-refractivity contribution in [3.05, 3.63) is 30.1 Å². The van der Waals surface area contributed by atoms with Crippen LogP contribution < -0.4 is 0 Å². The summed E-state index contributed by atoms with van der Waals surface area (Å²) in [5.41, 5.74) is 1.18. The summed E-state index contributed by atoms with van der Waals surface area (Å²) >= 11 is 0. The zero-order valence-corrected chi connectivity index (χ0v) is 11.1. The number of carbonyl (C=O) groups is 1. The molecule has 1 amide bonds. The number of carbonyl (C=O) groups excluding carboxylic acids is 1. The van der Waals surface area contributed by atoms with E-state index in [0.717, 1.165) is 6.42 Å². The van der Waals surface area contributed by atoms with Crippen molar-refractivity contribution >= 4 is 14.1 Å². The third-order valence-corrected chi connectivity index (χ3v) is 5.01. The first-order valence-electron chi connectivity index (χ1n) is 5.72. The molecular formula is C12H18N2OSi. The van der Waals surface area contributed by atoms with Gasteiger partial charge in [-0.25, -0.2) is 0 Å². The highest BCUT2D eigenvalue weighted by Crippen LogP contribution is 2.36. The summed E-state index contributed by atoms with van der Waals surface area (Å²) in [5, 5.41) is 0. The molecule has 3 nitrogen and oxygen atoms in total. The van der Waals surface area contributed by atoms with Gasteiger partial charge in [0.1, 0.15) is 0 Å². The van der Waals surface area contributed by atoms with Crippen LogP contribution in [0.5, 0.6) is 0 Å². The molecule has 1 aromatic rings. The van der Waals surface area contributed by atoms with Gasteiger partial charge in [-0.3, -0.25) is 9.78 Å². The maximum Gasteiger partial charge on any atom is 0.215 e. The Kier molecular flexibility index (Phi) is 2.84. The van der Waals surface area contributed by atoms with Gasteiger partial charge in [0.25, 0.3) is 0 Å². The van der Waals surface area contributed by atoms with Crippen LogP contribution in [-0.4, -0.2) is 23.7 Å². The van der Waals surface area contributed by atoms with E-state index in [9.17, 15) is 4.79 Å². The Morgan fingerprint density at radius 3 is 2.75 bits per heavy atom. The molecule has 1 unspecified atom stereocenters. The largest absolute Gasteiger partial charge is 0.363 e. The SMILES string of the molecule is C[Si](C)(C)N1C(=O)CCC1c1cccnc1. The first-order valence-corrected chi connectivity index (χ1v) is 9.17. The fourth-order valence-electron chi connectivity index (χ4n) is 2.41. The zero-order valence-electron chi connectivity index (χ0n) is 10.1. The molecule has 1 saturated heterocycles. The molecule has 86 valence electrons. The predicted octanol–water partition coefficient (Wildman–Crippen LogP) is 2.58. The number of hydrogen-bond donors (Lipinski definition) is 0. The lowest BCUT2D eigenvalue weighted by atomic mass is 10.1. The maximum atomic E-state index is 11.9. The van der Waals surface area contributed by atoms with Gasteiger partial charge < -0.3 is 4.57 Å². The van der Waals surface area contributed by atoms with E-state index in [4.69, 9.17) is 0 Å². The molecule has 4 heteroatoms. The predicted molar refractivity (Wildman–Crippen MR) is 66.4 cm³/mol. The van der Waals surface area contributed by atoms with Crippen molar-refractivity contribution in [2.75, 3.05) is 0 Å². The molecule has 0 radical (unpaired) electrons. The summed E-state index contributed by atoms with van der Waals surface area (Å²) in [7, 11) is -1.58. The van der Waals surface area contributed by atoms with Crippen LogP contribution in [0.25, 0.3) is 0 Å². The molecule has 1 aliphatic heterocycles. The van der Waals surface area contributed by atoms with Crippen LogP contribution in [0.15, 0.2) is 24.5 Å². The smallest absolute Gasteiger partial charge is 0.215 e. The van der Waals surface area contributed by atoms with Crippen LogP contribution in [0.1, 0.15) is 24.4 Å². The second-order valence-electron chi connectivity index (χ2n) is 5.28. The third-order valence-electron chi connectivity index (χ3n) is 3.00. The van der Waals surface area contributed by atoms with E-state index in [2.05, 4.69) is 35.3 Å². The summed E-state index contributed by atoms with van der Waals surface area (Å²) in [6, 6.07) is 4.28. The van der Waals surface area contributed by atoms with E-state index < -0.39 is 8.24 Å². The monoisotopic (exact) mass is 234 g/mol. The Morgan fingerprint density at radius 2 is 2.19 bits per heavy atom. The van der Waals surface area contributed by atoms with E-state index in [1.165, 1.54) is 5.56 Å². The molecule has 0 aliphatic carbocycles. The topological polar surface area (TPSA) is 33.2 Å². The normalized spacial score (nSPS) is 21.6. The zero-order chi connectivity index (χ0) is 11.8. The fraction of sp³-hybridized carbons (Fsp3) is 0.500. The van der Waals surface area contributed by atoms with Gasteiger partial charge >= 0.3 is 0 Å². The molecule has 0 saturated carbocycles. The molecule has 0 spiro atoms. The molecule has 1 fully saturated rings. The molecule has 1 atom stereocenters. The summed E-state index contributed by atoms with van der Waals surface area (Å²) in [4.78, 5) is 16.1. The van der Waals surface area contributed by atoms with Crippen molar-refractivity contribution in [3.63, 3.8) is 0 Å². The van der Waals surface area contributed by atoms with Gasteiger partial charge in [-0.15, -0.1) is 0 Å². The first-order chi connectivity index (χ1) is 7.50. The summed E-state index contributed by atoms with van der Waals surface area (Å²) < 4.78 is 2.13. The quantitative estimate of drug-likeness (QED) is 0.737. The highest BCUT2D eigenvalue weighted by atomic mass is 28.3. The fourth-order valence-corrected chi connectivity index (χ4v) is 4.49. The summed E-state index contributed by atoms with van der Waals surface area (Å²) in [6.07, 6.45) is 5.29. The number of hydrogen-bond acceptors (Lipinski definition) is 2. The lowest BCUT2D eigenvalue weighted by Crippen LogP contribution is -2.47. The number of rotatable bonds is 2. The van der Waals surface area contributed by atoms with Crippen LogP contribution in [-0.2, 0) is 4.79 Å². The lowest BCUT2D eigenvalue weighted by molar-refractivity contribution is -0.125. The Labute approximate surface area is 97.6 Å². The number of amides is 1. The highest BCUT2D eigenvalue weighted by Gasteiger charge is 2.39. The average molecular weight is 234 g/mol. The maximum absolute atomic E-state index is 11.9. The molecule has 2 heterocycles. The molecule has 0 N–H and O–H groups in total. The molecule has 0 bridgehead atoms. The second-order valence-corrected chi connectivity index (χ2v) is 10.1. The summed E-state index contributed by atoms with van der Waals surface area (Å²) in [5.74, 6) is 0.313. The molecule has 0 aromatic carbocycles. The summed E-state index contributed by atoms with van der Waals surface area (Å²) in [6.45, 7) is 6.67. The van der Waals surface area contributed by atoms with Crippen molar-refractivity contribution in [1.82, 2.24) is 9.55 Å². The van der Waals surface area contributed by atoms with E-state index >= 15 is 0 Å². The van der Waals surface area contributed by atoms with Crippen molar-refractivity contribution in [1.29, 1.82) is 0 Å².